The van der Waals surface area contributed by atoms with Gasteiger partial charge in [-0.3, -0.25) is 9.88 Å². The number of nitrogens with zero attached hydrogens (tertiary/aromatic N) is 2. The van der Waals surface area contributed by atoms with Gasteiger partial charge in [0.2, 0.25) is 0 Å². The van der Waals surface area contributed by atoms with Gasteiger partial charge in [0.1, 0.15) is 0 Å². The molecule has 2 rings (SSSR count). The molecule has 3 nitrogen and oxygen atoms in total. The maximum Gasteiger partial charge on any atom is 0.0685 e. The topological polar surface area (TPSA) is 28.2 Å². The van der Waals surface area contributed by atoms with Crippen LogP contribution in [-0.2, 0) is 6.54 Å². The van der Waals surface area contributed by atoms with Crippen LogP contribution in [0.3, 0.4) is 0 Å². The lowest BCUT2D eigenvalue weighted by Gasteiger charge is -2.17. The highest BCUT2D eigenvalue weighted by molar-refractivity contribution is 9.10. The summed E-state index contributed by atoms with van der Waals surface area (Å²) in [4.78, 5) is 6.66. The predicted molar refractivity (Wildman–Crippen MR) is 69.3 cm³/mol. The summed E-state index contributed by atoms with van der Waals surface area (Å²) in [5.74, 6) is 0. The van der Waals surface area contributed by atoms with Gasteiger partial charge in [0.05, 0.1) is 5.69 Å². The standard InChI is InChI=1S/C12H18BrN3/c1-16(8-7-14-10-4-5-10)9-12-11(13)3-2-6-15-12/h2-3,6,10,14H,4-5,7-9H2,1H3. The molecular formula is C12H18BrN3. The maximum atomic E-state index is 4.36. The summed E-state index contributed by atoms with van der Waals surface area (Å²) in [6, 6.07) is 4.79. The molecule has 0 aromatic carbocycles. The third kappa shape index (κ3) is 3.85. The first-order chi connectivity index (χ1) is 7.75. The van der Waals surface area contributed by atoms with Gasteiger partial charge in [-0.15, -0.1) is 0 Å². The van der Waals surface area contributed by atoms with Gasteiger partial charge in [-0.25, -0.2) is 0 Å². The second kappa shape index (κ2) is 5.75. The van der Waals surface area contributed by atoms with Crippen molar-refractivity contribution in [1.29, 1.82) is 0 Å². The molecule has 0 atom stereocenters. The zero-order valence-electron chi connectivity index (χ0n) is 9.62. The van der Waals surface area contributed by atoms with Crippen LogP contribution in [-0.4, -0.2) is 36.1 Å². The summed E-state index contributed by atoms with van der Waals surface area (Å²) in [7, 11) is 2.13. The summed E-state index contributed by atoms with van der Waals surface area (Å²) in [5, 5.41) is 3.51. The monoisotopic (exact) mass is 283 g/mol. The molecule has 0 radical (unpaired) electrons. The second-order valence-electron chi connectivity index (χ2n) is 4.40. The van der Waals surface area contributed by atoms with Crippen molar-refractivity contribution in [1.82, 2.24) is 15.2 Å². The largest absolute Gasteiger partial charge is 0.313 e. The fourth-order valence-electron chi connectivity index (χ4n) is 1.62. The van der Waals surface area contributed by atoms with E-state index in [0.717, 1.165) is 35.8 Å². The van der Waals surface area contributed by atoms with Crippen molar-refractivity contribution in [2.75, 3.05) is 20.1 Å². The van der Waals surface area contributed by atoms with Gasteiger partial charge >= 0.3 is 0 Å². The molecule has 1 fully saturated rings. The van der Waals surface area contributed by atoms with Crippen LogP contribution in [0.5, 0.6) is 0 Å². The normalized spacial score (nSPS) is 15.7. The van der Waals surface area contributed by atoms with E-state index in [1.807, 2.05) is 18.3 Å². The fraction of sp³-hybridized carbons (Fsp3) is 0.583. The van der Waals surface area contributed by atoms with Gasteiger partial charge in [-0.2, -0.15) is 0 Å². The van der Waals surface area contributed by atoms with Crippen molar-refractivity contribution in [3.8, 4) is 0 Å². The van der Waals surface area contributed by atoms with E-state index in [1.54, 1.807) is 0 Å². The Morgan fingerprint density at radius 2 is 2.38 bits per heavy atom. The Bertz CT molecular complexity index is 339. The molecule has 1 N–H and O–H groups in total. The van der Waals surface area contributed by atoms with Gasteiger partial charge < -0.3 is 5.32 Å². The zero-order valence-corrected chi connectivity index (χ0v) is 11.2. The van der Waals surface area contributed by atoms with Gasteiger partial charge in [-0.05, 0) is 48.0 Å². The summed E-state index contributed by atoms with van der Waals surface area (Å²) in [6.07, 6.45) is 4.56. The van der Waals surface area contributed by atoms with E-state index >= 15 is 0 Å². The van der Waals surface area contributed by atoms with Crippen molar-refractivity contribution < 1.29 is 0 Å². The number of likely N-dealkylation sites (N-methyl/N-ethyl adjacent to an activating group) is 1. The SMILES string of the molecule is CN(CCNC1CC1)Cc1ncccc1Br. The molecule has 1 aliphatic rings. The van der Waals surface area contributed by atoms with E-state index in [1.165, 1.54) is 12.8 Å². The van der Waals surface area contributed by atoms with Crippen molar-refractivity contribution in [2.45, 2.75) is 25.4 Å². The fourth-order valence-corrected chi connectivity index (χ4v) is 2.00. The van der Waals surface area contributed by atoms with Crippen LogP contribution < -0.4 is 5.32 Å². The van der Waals surface area contributed by atoms with E-state index in [2.05, 4.69) is 38.2 Å². The van der Waals surface area contributed by atoms with Gasteiger partial charge in [-0.1, -0.05) is 0 Å². The third-order valence-corrected chi connectivity index (χ3v) is 3.48. The molecule has 0 amide bonds. The maximum absolute atomic E-state index is 4.36. The number of rotatable bonds is 6. The molecule has 1 aromatic rings. The molecule has 1 aliphatic carbocycles. The average molecular weight is 284 g/mol. The Hall–Kier alpha value is -0.450. The summed E-state index contributed by atoms with van der Waals surface area (Å²) < 4.78 is 1.09. The molecule has 0 saturated heterocycles. The number of nitrogens with one attached hydrogen (secondary N) is 1. The lowest BCUT2D eigenvalue weighted by Crippen LogP contribution is -2.30. The molecule has 1 aromatic heterocycles. The third-order valence-electron chi connectivity index (χ3n) is 2.76. The molecule has 16 heavy (non-hydrogen) atoms. The molecule has 1 saturated carbocycles. The molecule has 88 valence electrons. The van der Waals surface area contributed by atoms with E-state index in [0.29, 0.717) is 0 Å². The zero-order chi connectivity index (χ0) is 11.4. The van der Waals surface area contributed by atoms with Crippen LogP contribution in [0.2, 0.25) is 0 Å². The Morgan fingerprint density at radius 1 is 1.56 bits per heavy atom. The van der Waals surface area contributed by atoms with Crippen LogP contribution in [0.15, 0.2) is 22.8 Å². The van der Waals surface area contributed by atoms with Crippen LogP contribution in [0, 0.1) is 0 Å². The van der Waals surface area contributed by atoms with E-state index in [-0.39, 0.29) is 0 Å². The highest BCUT2D eigenvalue weighted by atomic mass is 79.9. The quantitative estimate of drug-likeness (QED) is 0.866. The van der Waals surface area contributed by atoms with E-state index in [4.69, 9.17) is 0 Å². The Balaban J connectivity index is 1.73. The van der Waals surface area contributed by atoms with E-state index in [9.17, 15) is 0 Å². The summed E-state index contributed by atoms with van der Waals surface area (Å²) in [5.41, 5.74) is 1.11. The van der Waals surface area contributed by atoms with Gasteiger partial charge in [0.25, 0.3) is 0 Å². The van der Waals surface area contributed by atoms with Crippen molar-refractivity contribution in [3.63, 3.8) is 0 Å². The highest BCUT2D eigenvalue weighted by Crippen LogP contribution is 2.18. The first-order valence-electron chi connectivity index (χ1n) is 5.77. The van der Waals surface area contributed by atoms with Crippen LogP contribution >= 0.6 is 15.9 Å². The number of aromatic nitrogens is 1. The lowest BCUT2D eigenvalue weighted by molar-refractivity contribution is 0.319. The minimum absolute atomic E-state index is 0.801. The van der Waals surface area contributed by atoms with Crippen molar-refractivity contribution >= 4 is 15.9 Å². The molecule has 0 bridgehead atoms. The molecule has 1 heterocycles. The van der Waals surface area contributed by atoms with Gasteiger partial charge in [0, 0.05) is 36.3 Å². The van der Waals surface area contributed by atoms with Crippen molar-refractivity contribution in [3.05, 3.63) is 28.5 Å². The lowest BCUT2D eigenvalue weighted by atomic mass is 10.3. The van der Waals surface area contributed by atoms with Crippen LogP contribution in [0.1, 0.15) is 18.5 Å². The molecule has 0 spiro atoms. The average Bonchev–Trinajstić information content (AvgIpc) is 3.05. The summed E-state index contributed by atoms with van der Waals surface area (Å²) >= 11 is 3.52. The molecule has 0 unspecified atom stereocenters. The Morgan fingerprint density at radius 3 is 3.06 bits per heavy atom. The van der Waals surface area contributed by atoms with Gasteiger partial charge in [0.15, 0.2) is 0 Å². The first-order valence-corrected chi connectivity index (χ1v) is 6.56. The smallest absolute Gasteiger partial charge is 0.0685 e. The van der Waals surface area contributed by atoms with Crippen LogP contribution in [0.25, 0.3) is 0 Å². The number of pyridine rings is 1. The van der Waals surface area contributed by atoms with E-state index < -0.39 is 0 Å². The number of hydrogen-bond acceptors (Lipinski definition) is 3. The van der Waals surface area contributed by atoms with Crippen molar-refractivity contribution in [2.24, 2.45) is 0 Å². The predicted octanol–water partition coefficient (Wildman–Crippen LogP) is 2.03. The molecular weight excluding hydrogens is 266 g/mol. The number of halogens is 1. The minimum Gasteiger partial charge on any atom is -0.313 e. The highest BCUT2D eigenvalue weighted by Gasteiger charge is 2.19. The first kappa shape index (κ1) is 12.0. The summed E-state index contributed by atoms with van der Waals surface area (Å²) in [6.45, 7) is 3.04. The molecule has 0 aliphatic heterocycles. The molecule has 4 heteroatoms. The minimum atomic E-state index is 0.801. The Kier molecular flexibility index (Phi) is 4.32. The second-order valence-corrected chi connectivity index (χ2v) is 5.25. The number of hydrogen-bond donors (Lipinski definition) is 1. The Labute approximate surface area is 105 Å². The van der Waals surface area contributed by atoms with Crippen LogP contribution in [0.4, 0.5) is 0 Å².